The maximum absolute atomic E-state index is 15.6. The van der Waals surface area contributed by atoms with E-state index in [4.69, 9.17) is 9.73 Å². The molecule has 1 aromatic heterocycles. The number of nitrogens with one attached hydrogen (secondary N) is 1. The highest BCUT2D eigenvalue weighted by atomic mass is 32.1. The topological polar surface area (TPSA) is 107 Å². The van der Waals surface area contributed by atoms with Crippen LogP contribution in [0.1, 0.15) is 55.8 Å². The first-order chi connectivity index (χ1) is 20.3. The monoisotopic (exact) mass is 619 g/mol. The van der Waals surface area contributed by atoms with Crippen molar-refractivity contribution in [2.24, 2.45) is 10.4 Å². The molecule has 232 valence electrons. The molecule has 4 heterocycles. The fraction of sp³-hybridized carbons (Fsp3) is 0.533. The van der Waals surface area contributed by atoms with Gasteiger partial charge < -0.3 is 15.2 Å². The minimum atomic E-state index is -3.06. The first-order valence-corrected chi connectivity index (χ1v) is 15.2. The molecule has 0 aliphatic carbocycles. The van der Waals surface area contributed by atoms with Crippen LogP contribution in [0.15, 0.2) is 46.0 Å². The number of hydrogen-bond donors (Lipinski definition) is 2. The summed E-state index contributed by atoms with van der Waals surface area (Å²) in [5.41, 5.74) is 0.247. The second-order valence-corrected chi connectivity index (χ2v) is 12.7. The lowest BCUT2D eigenvalue weighted by molar-refractivity contribution is -0.147. The fourth-order valence-corrected chi connectivity index (χ4v) is 6.76. The van der Waals surface area contributed by atoms with Crippen molar-refractivity contribution in [1.29, 1.82) is 0 Å². The third kappa shape index (κ3) is 6.07. The molecule has 0 spiro atoms. The Hall–Kier alpha value is -3.29. The molecule has 3 aliphatic rings. The van der Waals surface area contributed by atoms with E-state index in [2.05, 4.69) is 10.3 Å². The van der Waals surface area contributed by atoms with Crippen molar-refractivity contribution in [3.63, 3.8) is 0 Å². The van der Waals surface area contributed by atoms with E-state index < -0.39 is 53.8 Å². The van der Waals surface area contributed by atoms with E-state index >= 15 is 8.78 Å². The number of carbonyl (C=O) groups excluding carboxylic acids is 1. The number of alkyl halides is 2. The van der Waals surface area contributed by atoms with Gasteiger partial charge in [0, 0.05) is 36.4 Å². The van der Waals surface area contributed by atoms with Crippen LogP contribution < -0.4 is 5.32 Å². The Kier molecular flexibility index (Phi) is 8.70. The van der Waals surface area contributed by atoms with Crippen LogP contribution in [0.25, 0.3) is 0 Å². The molecule has 3 atom stereocenters. The van der Waals surface area contributed by atoms with Crippen LogP contribution in [-0.4, -0.2) is 88.5 Å². The predicted octanol–water partition coefficient (Wildman–Crippen LogP) is 4.39. The number of esters is 1. The molecule has 0 saturated carbocycles. The van der Waals surface area contributed by atoms with Crippen molar-refractivity contribution in [1.82, 2.24) is 20.1 Å². The zero-order valence-electron chi connectivity index (χ0n) is 24.6. The second kappa shape index (κ2) is 12.0. The Balaban J connectivity index is 1.51. The molecule has 0 amide bonds. The van der Waals surface area contributed by atoms with Crippen LogP contribution >= 0.6 is 11.3 Å². The number of aliphatic imine (C=N–C) groups is 1. The molecule has 3 aliphatic heterocycles. The van der Waals surface area contributed by atoms with Gasteiger partial charge in [-0.25, -0.2) is 22.9 Å². The molecular weight excluding hydrogens is 583 g/mol. The normalized spacial score (nSPS) is 24.1. The molecule has 2 N–H and O–H groups in total. The zero-order chi connectivity index (χ0) is 31.1. The van der Waals surface area contributed by atoms with Gasteiger partial charge in [-0.05, 0) is 64.3 Å². The van der Waals surface area contributed by atoms with Gasteiger partial charge in [-0.2, -0.15) is 0 Å². The summed E-state index contributed by atoms with van der Waals surface area (Å²) in [5.74, 6) is -4.78. The highest BCUT2D eigenvalue weighted by Crippen LogP contribution is 2.43. The number of amidine groups is 1. The molecule has 0 bridgehead atoms. The van der Waals surface area contributed by atoms with E-state index in [0.717, 1.165) is 0 Å². The Morgan fingerprint density at radius 1 is 1.28 bits per heavy atom. The van der Waals surface area contributed by atoms with E-state index in [0.29, 0.717) is 40.6 Å². The van der Waals surface area contributed by atoms with Gasteiger partial charge in [-0.15, -0.1) is 11.3 Å². The Bertz CT molecular complexity index is 1450. The summed E-state index contributed by atoms with van der Waals surface area (Å²) in [5, 5.41) is 15.0. The number of aliphatic carboxylic acids is 1. The van der Waals surface area contributed by atoms with Crippen LogP contribution in [0.5, 0.6) is 0 Å². The van der Waals surface area contributed by atoms with E-state index in [9.17, 15) is 19.1 Å². The highest BCUT2D eigenvalue weighted by Gasteiger charge is 2.59. The average molecular weight is 620 g/mol. The summed E-state index contributed by atoms with van der Waals surface area (Å²) in [6.45, 7) is 6.65. The lowest BCUT2D eigenvalue weighted by atomic mass is 9.89. The average Bonchev–Trinajstić information content (AvgIpc) is 3.68. The standard InChI is InChI=1S/C30H36F3N5O4S/c1-5-42-27(39)22-20(35-25(26-34-11-14-43-26)36-23(22)18-7-6-8-19(31)17(18)2)15-38-16-30(32,33)24-21(38)9-12-37(24)13-10-29(3,4)28(40)41/h6-8,11,14,21,23-24H,5,9-10,12-13,15-16H2,1-4H3,(H,35,36)(H,40,41). The Labute approximate surface area is 252 Å². The summed E-state index contributed by atoms with van der Waals surface area (Å²) in [7, 11) is 0. The predicted molar refractivity (Wildman–Crippen MR) is 156 cm³/mol. The van der Waals surface area contributed by atoms with Gasteiger partial charge in [-0.3, -0.25) is 19.6 Å². The number of benzene rings is 1. The van der Waals surface area contributed by atoms with Crippen LogP contribution in [0.2, 0.25) is 0 Å². The zero-order valence-corrected chi connectivity index (χ0v) is 25.4. The summed E-state index contributed by atoms with van der Waals surface area (Å²) in [4.78, 5) is 37.6. The lowest BCUT2D eigenvalue weighted by Crippen LogP contribution is -2.46. The van der Waals surface area contributed by atoms with Crippen LogP contribution in [0.3, 0.4) is 0 Å². The third-order valence-electron chi connectivity index (χ3n) is 8.61. The van der Waals surface area contributed by atoms with Crippen LogP contribution in [0.4, 0.5) is 13.2 Å². The van der Waals surface area contributed by atoms with Gasteiger partial charge >= 0.3 is 11.9 Å². The van der Waals surface area contributed by atoms with Crippen molar-refractivity contribution in [2.75, 3.05) is 32.8 Å². The maximum Gasteiger partial charge on any atom is 0.338 e. The van der Waals surface area contributed by atoms with Crippen LogP contribution in [-0.2, 0) is 14.3 Å². The van der Waals surface area contributed by atoms with Crippen molar-refractivity contribution in [3.8, 4) is 0 Å². The van der Waals surface area contributed by atoms with Gasteiger partial charge in [0.2, 0.25) is 0 Å². The van der Waals surface area contributed by atoms with Crippen LogP contribution in [0, 0.1) is 18.2 Å². The van der Waals surface area contributed by atoms with Crippen molar-refractivity contribution in [2.45, 2.75) is 64.6 Å². The third-order valence-corrected chi connectivity index (χ3v) is 9.39. The van der Waals surface area contributed by atoms with E-state index in [1.165, 1.54) is 17.4 Å². The summed E-state index contributed by atoms with van der Waals surface area (Å²) in [6, 6.07) is 2.03. The molecule has 13 heteroatoms. The second-order valence-electron chi connectivity index (χ2n) is 11.9. The summed E-state index contributed by atoms with van der Waals surface area (Å²) >= 11 is 1.32. The van der Waals surface area contributed by atoms with Gasteiger partial charge in [0.05, 0.1) is 30.2 Å². The number of fused-ring (bicyclic) bond motifs is 1. The van der Waals surface area contributed by atoms with Gasteiger partial charge in [-0.1, -0.05) is 12.1 Å². The molecule has 2 saturated heterocycles. The van der Waals surface area contributed by atoms with Crippen molar-refractivity contribution in [3.05, 3.63) is 63.0 Å². The van der Waals surface area contributed by atoms with E-state index in [1.807, 2.05) is 0 Å². The molecular formula is C30H36F3N5O4S. The summed E-state index contributed by atoms with van der Waals surface area (Å²) < 4.78 is 51.4. The number of nitrogens with zero attached hydrogens (tertiary/aromatic N) is 4. The smallest absolute Gasteiger partial charge is 0.338 e. The number of carbonyl (C=O) groups is 2. The Morgan fingerprint density at radius 2 is 2.05 bits per heavy atom. The first-order valence-electron chi connectivity index (χ1n) is 14.3. The molecule has 2 aromatic rings. The minimum Gasteiger partial charge on any atom is -0.481 e. The number of aromatic nitrogens is 1. The molecule has 9 nitrogen and oxygen atoms in total. The van der Waals surface area contributed by atoms with Gasteiger partial charge in [0.1, 0.15) is 11.9 Å². The molecule has 0 radical (unpaired) electrons. The van der Waals surface area contributed by atoms with Gasteiger partial charge in [0.15, 0.2) is 10.8 Å². The summed E-state index contributed by atoms with van der Waals surface area (Å²) in [6.07, 6.45) is 2.32. The van der Waals surface area contributed by atoms with E-state index in [-0.39, 0.29) is 31.7 Å². The molecule has 1 aromatic carbocycles. The largest absolute Gasteiger partial charge is 0.481 e. The molecule has 3 unspecified atom stereocenters. The molecule has 43 heavy (non-hydrogen) atoms. The van der Waals surface area contributed by atoms with Gasteiger partial charge in [0.25, 0.3) is 5.92 Å². The highest BCUT2D eigenvalue weighted by molar-refractivity contribution is 7.11. The number of carboxylic acid groups (broad SMARTS) is 1. The molecule has 5 rings (SSSR count). The quantitative estimate of drug-likeness (QED) is 0.377. The number of likely N-dealkylation sites (tertiary alicyclic amines) is 2. The number of carboxylic acids is 1. The Morgan fingerprint density at radius 3 is 2.72 bits per heavy atom. The van der Waals surface area contributed by atoms with Crippen molar-refractivity contribution >= 4 is 29.1 Å². The minimum absolute atomic E-state index is 0.0192. The number of rotatable bonds is 10. The lowest BCUT2D eigenvalue weighted by Gasteiger charge is -2.31. The first kappa shape index (κ1) is 31.1. The SMILES string of the molecule is CCOC(=O)C1=C(CN2CC(F)(F)C3C2CCN3CCC(C)(C)C(=O)O)NC(c2nccs2)=NC1c1cccc(F)c1C. The van der Waals surface area contributed by atoms with E-state index in [1.54, 1.807) is 61.2 Å². The molecule has 2 fully saturated rings. The fourth-order valence-electron chi connectivity index (χ4n) is 6.17. The number of halogens is 3. The van der Waals surface area contributed by atoms with Crippen molar-refractivity contribution < 1.29 is 32.6 Å². The number of thiazole rings is 1. The number of hydrogen-bond acceptors (Lipinski definition) is 9. The maximum atomic E-state index is 15.6. The number of ether oxygens (including phenoxy) is 1.